The molecule has 1 aliphatic carbocycles. The van der Waals surface area contributed by atoms with Crippen molar-refractivity contribution >= 4 is 27.9 Å². The van der Waals surface area contributed by atoms with Crippen molar-refractivity contribution in [3.63, 3.8) is 0 Å². The third kappa shape index (κ3) is 8.58. The summed E-state index contributed by atoms with van der Waals surface area (Å²) in [7, 11) is -4.33. The van der Waals surface area contributed by atoms with Crippen molar-refractivity contribution in [3.8, 4) is 11.3 Å². The molecule has 1 aromatic heterocycles. The molecule has 228 valence electrons. The molecule has 1 aromatic carbocycles. The van der Waals surface area contributed by atoms with E-state index in [4.69, 9.17) is 13.9 Å². The number of alkyl halides is 3. The minimum absolute atomic E-state index is 0.00834. The lowest BCUT2D eigenvalue weighted by Gasteiger charge is -2.27. The predicted octanol–water partition coefficient (Wildman–Crippen LogP) is 5.78. The van der Waals surface area contributed by atoms with Crippen LogP contribution in [0.3, 0.4) is 0 Å². The Morgan fingerprint density at radius 3 is 2.22 bits per heavy atom. The molecule has 1 fully saturated rings. The average molecular weight is 605 g/mol. The van der Waals surface area contributed by atoms with Gasteiger partial charge in [0.2, 0.25) is 10.0 Å². The minimum atomic E-state index is -4.95. The second-order valence-corrected chi connectivity index (χ2v) is 11.9. The lowest BCUT2D eigenvalue weighted by molar-refractivity contribution is -0.140. The number of nitrogens with zero attached hydrogens (tertiary/aromatic N) is 1. The third-order valence-electron chi connectivity index (χ3n) is 6.09. The number of oxazole rings is 1. The molecule has 0 atom stereocenters. The first kappa shape index (κ1) is 32.2. The van der Waals surface area contributed by atoms with Gasteiger partial charge >= 0.3 is 18.4 Å². The van der Waals surface area contributed by atoms with Gasteiger partial charge in [0.15, 0.2) is 17.3 Å². The SMILES string of the molecule is CCNS(=O)(=O)c1cc(NC(=O)OC(C)C)ccc1-c1oc([C@H]2CC[C@H](NC(=O)OC(C)C)CC2)nc1C(F)(F)F. The molecule has 0 saturated heterocycles. The number of sulfonamides is 1. The summed E-state index contributed by atoms with van der Waals surface area (Å²) in [5.41, 5.74) is -1.74. The van der Waals surface area contributed by atoms with Gasteiger partial charge in [0, 0.05) is 29.8 Å². The van der Waals surface area contributed by atoms with Crippen LogP contribution in [0.25, 0.3) is 11.3 Å². The van der Waals surface area contributed by atoms with Crippen molar-refractivity contribution in [3.05, 3.63) is 29.8 Å². The number of halogens is 3. The molecular weight excluding hydrogens is 569 g/mol. The molecule has 0 unspecified atom stereocenters. The molecule has 0 bridgehead atoms. The van der Waals surface area contributed by atoms with Gasteiger partial charge in [-0.05, 0) is 71.6 Å². The molecular formula is C26H35F3N4O7S. The smallest absolute Gasteiger partial charge is 0.437 e. The summed E-state index contributed by atoms with van der Waals surface area (Å²) in [5, 5.41) is 5.12. The summed E-state index contributed by atoms with van der Waals surface area (Å²) in [5.74, 6) is -1.41. The standard InChI is InChI=1S/C26H35F3N4O7S/c1-6-30-41(36,37)20-13-18(32-25(35)39-15(4)5)11-12-19(20)21-22(26(27,28)29)33-23(40-21)16-7-9-17(10-8-16)31-24(34)38-14(2)3/h11-17,30H,6-10H2,1-5H3,(H,31,34)(H,32,35)/t16-,17-. The van der Waals surface area contributed by atoms with Crippen LogP contribution in [0.15, 0.2) is 27.5 Å². The molecule has 2 amide bonds. The van der Waals surface area contributed by atoms with Crippen LogP contribution in [0, 0.1) is 0 Å². The van der Waals surface area contributed by atoms with Crippen LogP contribution in [0.2, 0.25) is 0 Å². The highest BCUT2D eigenvalue weighted by molar-refractivity contribution is 7.89. The van der Waals surface area contributed by atoms with Gasteiger partial charge in [-0.2, -0.15) is 13.2 Å². The number of hydrogen-bond donors (Lipinski definition) is 3. The quantitative estimate of drug-likeness (QED) is 0.326. The maximum absolute atomic E-state index is 14.2. The fourth-order valence-corrected chi connectivity index (χ4v) is 5.69. The molecule has 3 rings (SSSR count). The van der Waals surface area contributed by atoms with Crippen LogP contribution in [-0.2, 0) is 25.7 Å². The van der Waals surface area contributed by atoms with Crippen molar-refractivity contribution in [2.24, 2.45) is 0 Å². The van der Waals surface area contributed by atoms with Crippen LogP contribution >= 0.6 is 0 Å². The van der Waals surface area contributed by atoms with Gasteiger partial charge in [-0.3, -0.25) is 5.32 Å². The summed E-state index contributed by atoms with van der Waals surface area (Å²) >= 11 is 0. The number of carbonyl (C=O) groups is 2. The van der Waals surface area contributed by atoms with Crippen molar-refractivity contribution < 1.29 is 45.1 Å². The zero-order valence-electron chi connectivity index (χ0n) is 23.4. The minimum Gasteiger partial charge on any atom is -0.447 e. The van der Waals surface area contributed by atoms with Crippen LogP contribution in [0.5, 0.6) is 0 Å². The van der Waals surface area contributed by atoms with E-state index in [-0.39, 0.29) is 35.8 Å². The van der Waals surface area contributed by atoms with Crippen LogP contribution in [0.1, 0.15) is 77.8 Å². The Morgan fingerprint density at radius 2 is 1.66 bits per heavy atom. The van der Waals surface area contributed by atoms with E-state index in [1.807, 2.05) is 0 Å². The predicted molar refractivity (Wildman–Crippen MR) is 143 cm³/mol. The first-order valence-corrected chi connectivity index (χ1v) is 14.8. The number of nitrogens with one attached hydrogen (secondary N) is 3. The number of rotatable bonds is 9. The van der Waals surface area contributed by atoms with Crippen molar-refractivity contribution in [1.82, 2.24) is 15.0 Å². The molecule has 1 aliphatic rings. The van der Waals surface area contributed by atoms with Gasteiger partial charge < -0.3 is 19.2 Å². The van der Waals surface area contributed by atoms with E-state index >= 15 is 0 Å². The molecule has 1 heterocycles. The first-order valence-electron chi connectivity index (χ1n) is 13.3. The van der Waals surface area contributed by atoms with Gasteiger partial charge in [0.1, 0.15) is 0 Å². The van der Waals surface area contributed by atoms with Crippen molar-refractivity contribution in [1.29, 1.82) is 0 Å². The molecule has 2 aromatic rings. The van der Waals surface area contributed by atoms with Gasteiger partial charge in [0.25, 0.3) is 0 Å². The number of amides is 2. The fraction of sp³-hybridized carbons (Fsp3) is 0.577. The number of alkyl carbamates (subject to hydrolysis) is 1. The Labute approximate surface area is 236 Å². The molecule has 0 radical (unpaired) electrons. The van der Waals surface area contributed by atoms with E-state index < -0.39 is 56.8 Å². The van der Waals surface area contributed by atoms with Gasteiger partial charge in [-0.1, -0.05) is 6.92 Å². The number of ether oxygens (including phenoxy) is 2. The fourth-order valence-electron chi connectivity index (χ4n) is 4.42. The van der Waals surface area contributed by atoms with E-state index in [0.29, 0.717) is 25.7 Å². The zero-order chi connectivity index (χ0) is 30.5. The topological polar surface area (TPSA) is 149 Å². The number of anilines is 1. The number of aromatic nitrogens is 1. The van der Waals surface area contributed by atoms with Gasteiger partial charge in [0.05, 0.1) is 17.1 Å². The molecule has 0 spiro atoms. The number of hydrogen-bond acceptors (Lipinski definition) is 8. The summed E-state index contributed by atoms with van der Waals surface area (Å²) in [6.07, 6.45) is -5.44. The van der Waals surface area contributed by atoms with Crippen LogP contribution in [0.4, 0.5) is 28.4 Å². The Bertz CT molecular complexity index is 1340. The average Bonchev–Trinajstić information content (AvgIpc) is 3.29. The van der Waals surface area contributed by atoms with Crippen molar-refractivity contribution in [2.75, 3.05) is 11.9 Å². The summed E-state index contributed by atoms with van der Waals surface area (Å²) in [4.78, 5) is 27.2. The Kier molecular flexibility index (Phi) is 10.3. The highest BCUT2D eigenvalue weighted by Gasteiger charge is 2.42. The van der Waals surface area contributed by atoms with Crippen molar-refractivity contribution in [2.45, 2.75) is 95.5 Å². The van der Waals surface area contributed by atoms with E-state index in [2.05, 4.69) is 20.3 Å². The van der Waals surface area contributed by atoms with Gasteiger partial charge in [-0.15, -0.1) is 0 Å². The molecule has 1 saturated carbocycles. The lowest BCUT2D eigenvalue weighted by Crippen LogP contribution is -2.38. The first-order chi connectivity index (χ1) is 19.1. The van der Waals surface area contributed by atoms with Crippen LogP contribution in [-0.4, -0.2) is 50.4 Å². The number of benzene rings is 1. The summed E-state index contributed by atoms with van der Waals surface area (Å²) < 4.78 is 86.6. The molecule has 41 heavy (non-hydrogen) atoms. The highest BCUT2D eigenvalue weighted by Crippen LogP contribution is 2.43. The Hall–Kier alpha value is -3.33. The van der Waals surface area contributed by atoms with E-state index in [1.165, 1.54) is 13.0 Å². The maximum atomic E-state index is 14.2. The zero-order valence-corrected chi connectivity index (χ0v) is 24.2. The molecule has 11 nitrogen and oxygen atoms in total. The largest absolute Gasteiger partial charge is 0.447 e. The normalized spacial score (nSPS) is 17.9. The lowest BCUT2D eigenvalue weighted by atomic mass is 9.86. The Morgan fingerprint density at radius 1 is 1.05 bits per heavy atom. The second-order valence-electron chi connectivity index (χ2n) is 10.2. The summed E-state index contributed by atoms with van der Waals surface area (Å²) in [6.45, 7) is 8.15. The van der Waals surface area contributed by atoms with E-state index in [9.17, 15) is 31.2 Å². The number of carbonyl (C=O) groups excluding carboxylic acids is 2. The second kappa shape index (κ2) is 13.1. The molecule has 3 N–H and O–H groups in total. The van der Waals surface area contributed by atoms with Gasteiger partial charge in [-0.25, -0.2) is 27.7 Å². The van der Waals surface area contributed by atoms with Crippen LogP contribution < -0.4 is 15.4 Å². The van der Waals surface area contributed by atoms with E-state index in [0.717, 1.165) is 12.1 Å². The Balaban J connectivity index is 1.97. The molecule has 0 aliphatic heterocycles. The monoisotopic (exact) mass is 604 g/mol. The third-order valence-corrected chi connectivity index (χ3v) is 7.68. The maximum Gasteiger partial charge on any atom is 0.437 e. The van der Waals surface area contributed by atoms with E-state index in [1.54, 1.807) is 27.7 Å². The molecule has 15 heteroatoms. The highest BCUT2D eigenvalue weighted by atomic mass is 32.2. The summed E-state index contributed by atoms with van der Waals surface area (Å²) in [6, 6.07) is 3.19.